The first kappa shape index (κ1) is 15.9. The number of nitrogens with zero attached hydrogens (tertiary/aromatic N) is 6. The van der Waals surface area contributed by atoms with Crippen LogP contribution in [-0.4, -0.2) is 55.6 Å². The fourth-order valence-corrected chi connectivity index (χ4v) is 2.93. The number of morpholine rings is 1. The zero-order valence-electron chi connectivity index (χ0n) is 14.1. The highest BCUT2D eigenvalue weighted by atomic mass is 16.5. The second-order valence-corrected chi connectivity index (χ2v) is 6.22. The van der Waals surface area contributed by atoms with Gasteiger partial charge >= 0.3 is 0 Å². The Morgan fingerprint density at radius 2 is 2.28 bits per heavy atom. The van der Waals surface area contributed by atoms with E-state index in [1.54, 1.807) is 12.4 Å². The first-order chi connectivity index (χ1) is 12.3. The highest BCUT2D eigenvalue weighted by molar-refractivity contribution is 5.51. The van der Waals surface area contributed by atoms with Gasteiger partial charge in [0.2, 0.25) is 11.7 Å². The summed E-state index contributed by atoms with van der Waals surface area (Å²) in [5, 5.41) is 8.37. The van der Waals surface area contributed by atoms with Crippen molar-refractivity contribution < 1.29 is 9.26 Å². The summed E-state index contributed by atoms with van der Waals surface area (Å²) in [5.41, 5.74) is 2.01. The number of hydrogen-bond acceptors (Lipinski definition) is 7. The Hall–Kier alpha value is -2.58. The van der Waals surface area contributed by atoms with Crippen LogP contribution in [0.1, 0.15) is 11.5 Å². The highest BCUT2D eigenvalue weighted by Gasteiger charge is 2.23. The number of pyridine rings is 1. The van der Waals surface area contributed by atoms with Gasteiger partial charge in [-0.15, -0.1) is 0 Å². The van der Waals surface area contributed by atoms with E-state index in [0.717, 1.165) is 30.8 Å². The molecule has 1 atom stereocenters. The molecule has 0 aliphatic carbocycles. The van der Waals surface area contributed by atoms with Crippen molar-refractivity contribution in [3.05, 3.63) is 48.4 Å². The molecule has 3 aromatic heterocycles. The van der Waals surface area contributed by atoms with Crippen LogP contribution in [0.25, 0.3) is 11.4 Å². The van der Waals surface area contributed by atoms with E-state index >= 15 is 0 Å². The number of ether oxygens (including phenoxy) is 1. The lowest BCUT2D eigenvalue weighted by Crippen LogP contribution is -2.43. The van der Waals surface area contributed by atoms with Gasteiger partial charge in [0.15, 0.2) is 0 Å². The summed E-state index contributed by atoms with van der Waals surface area (Å²) in [6, 6.07) is 3.77. The summed E-state index contributed by atoms with van der Waals surface area (Å²) in [6.07, 6.45) is 7.44. The number of aryl methyl sites for hydroxylation is 1. The highest BCUT2D eigenvalue weighted by Crippen LogP contribution is 2.16. The lowest BCUT2D eigenvalue weighted by Gasteiger charge is -2.31. The Labute approximate surface area is 145 Å². The van der Waals surface area contributed by atoms with Gasteiger partial charge in [0.1, 0.15) is 0 Å². The molecule has 1 saturated heterocycles. The van der Waals surface area contributed by atoms with Crippen molar-refractivity contribution in [2.45, 2.75) is 26.1 Å². The smallest absolute Gasteiger partial charge is 0.241 e. The Bertz CT molecular complexity index is 815. The topological polar surface area (TPSA) is 82.1 Å². The normalized spacial score (nSPS) is 18.5. The molecule has 0 amide bonds. The minimum absolute atomic E-state index is 0.105. The molecule has 130 valence electrons. The molecule has 1 aliphatic rings. The zero-order chi connectivity index (χ0) is 17.1. The van der Waals surface area contributed by atoms with Crippen LogP contribution in [-0.2, 0) is 17.8 Å². The van der Waals surface area contributed by atoms with E-state index in [0.29, 0.717) is 24.9 Å². The molecule has 0 N–H and O–H groups in total. The monoisotopic (exact) mass is 340 g/mol. The maximum atomic E-state index is 5.86. The van der Waals surface area contributed by atoms with Gasteiger partial charge in [0.25, 0.3) is 0 Å². The van der Waals surface area contributed by atoms with Gasteiger partial charge in [0.05, 0.1) is 32.0 Å². The third-order valence-corrected chi connectivity index (χ3v) is 4.12. The first-order valence-electron chi connectivity index (χ1n) is 8.32. The van der Waals surface area contributed by atoms with Crippen molar-refractivity contribution >= 4 is 0 Å². The van der Waals surface area contributed by atoms with E-state index in [-0.39, 0.29) is 6.10 Å². The molecule has 3 aromatic rings. The largest absolute Gasteiger partial charge is 0.374 e. The third kappa shape index (κ3) is 3.92. The number of rotatable bonds is 5. The van der Waals surface area contributed by atoms with Crippen molar-refractivity contribution in [1.29, 1.82) is 0 Å². The summed E-state index contributed by atoms with van der Waals surface area (Å²) in [5.74, 6) is 1.18. The fraction of sp³-hybridized carbons (Fsp3) is 0.412. The van der Waals surface area contributed by atoms with Crippen molar-refractivity contribution in [2.75, 3.05) is 19.7 Å². The molecule has 8 nitrogen and oxygen atoms in total. The first-order valence-corrected chi connectivity index (χ1v) is 8.32. The Balaban J connectivity index is 1.37. The quantitative estimate of drug-likeness (QED) is 0.697. The molecule has 8 heteroatoms. The molecule has 4 heterocycles. The maximum Gasteiger partial charge on any atom is 0.241 e. The van der Waals surface area contributed by atoms with E-state index in [4.69, 9.17) is 9.26 Å². The molecular weight excluding hydrogens is 320 g/mol. The van der Waals surface area contributed by atoms with Crippen LogP contribution in [0.3, 0.4) is 0 Å². The minimum Gasteiger partial charge on any atom is -0.374 e. The molecule has 0 spiro atoms. The van der Waals surface area contributed by atoms with Gasteiger partial charge in [0, 0.05) is 37.2 Å². The second kappa shape index (κ2) is 7.12. The van der Waals surface area contributed by atoms with Crippen molar-refractivity contribution in [2.24, 2.45) is 0 Å². The molecular formula is C17H20N6O2. The van der Waals surface area contributed by atoms with E-state index in [1.165, 1.54) is 0 Å². The minimum atomic E-state index is 0.105. The van der Waals surface area contributed by atoms with E-state index < -0.39 is 0 Å². The van der Waals surface area contributed by atoms with Gasteiger partial charge in [-0.3, -0.25) is 14.6 Å². The molecule has 0 radical (unpaired) electrons. The number of aromatic nitrogens is 5. The fourth-order valence-electron chi connectivity index (χ4n) is 2.93. The summed E-state index contributed by atoms with van der Waals surface area (Å²) < 4.78 is 13.2. The van der Waals surface area contributed by atoms with E-state index in [9.17, 15) is 0 Å². The SMILES string of the molecule is Cc1cnn(C[C@@H]2CN(Cc3nc(-c4cccnc4)no3)CCO2)c1. The van der Waals surface area contributed by atoms with Gasteiger partial charge < -0.3 is 9.26 Å². The molecule has 0 unspecified atom stereocenters. The molecule has 0 saturated carbocycles. The third-order valence-electron chi connectivity index (χ3n) is 4.12. The van der Waals surface area contributed by atoms with Gasteiger partial charge in [-0.2, -0.15) is 10.1 Å². The van der Waals surface area contributed by atoms with Crippen molar-refractivity contribution in [3.8, 4) is 11.4 Å². The van der Waals surface area contributed by atoms with Crippen LogP contribution in [0, 0.1) is 6.92 Å². The Kier molecular flexibility index (Phi) is 4.53. The van der Waals surface area contributed by atoms with Crippen molar-refractivity contribution in [1.82, 2.24) is 29.8 Å². The maximum absolute atomic E-state index is 5.86. The van der Waals surface area contributed by atoms with Crippen LogP contribution in [0.4, 0.5) is 0 Å². The second-order valence-electron chi connectivity index (χ2n) is 6.22. The molecule has 1 aliphatic heterocycles. The average Bonchev–Trinajstić information content (AvgIpc) is 3.25. The summed E-state index contributed by atoms with van der Waals surface area (Å²) in [6.45, 7) is 5.74. The van der Waals surface area contributed by atoms with Gasteiger partial charge in [-0.1, -0.05) is 5.16 Å². The summed E-state index contributed by atoms with van der Waals surface area (Å²) >= 11 is 0. The molecule has 0 bridgehead atoms. The summed E-state index contributed by atoms with van der Waals surface area (Å²) in [7, 11) is 0. The van der Waals surface area contributed by atoms with Crippen LogP contribution in [0.5, 0.6) is 0 Å². The van der Waals surface area contributed by atoms with Crippen LogP contribution in [0.2, 0.25) is 0 Å². The Morgan fingerprint density at radius 3 is 3.08 bits per heavy atom. The Morgan fingerprint density at radius 1 is 1.32 bits per heavy atom. The van der Waals surface area contributed by atoms with E-state index in [1.807, 2.05) is 36.1 Å². The molecule has 4 rings (SSSR count). The van der Waals surface area contributed by atoms with Gasteiger partial charge in [-0.05, 0) is 24.6 Å². The van der Waals surface area contributed by atoms with Crippen molar-refractivity contribution in [3.63, 3.8) is 0 Å². The van der Waals surface area contributed by atoms with Gasteiger partial charge in [-0.25, -0.2) is 0 Å². The van der Waals surface area contributed by atoms with Crippen LogP contribution in [0.15, 0.2) is 41.4 Å². The summed E-state index contributed by atoms with van der Waals surface area (Å²) in [4.78, 5) is 10.8. The average molecular weight is 340 g/mol. The van der Waals surface area contributed by atoms with Crippen LogP contribution >= 0.6 is 0 Å². The zero-order valence-corrected chi connectivity index (χ0v) is 14.1. The van der Waals surface area contributed by atoms with Crippen LogP contribution < -0.4 is 0 Å². The number of hydrogen-bond donors (Lipinski definition) is 0. The standard InChI is InChI=1S/C17H20N6O2/c1-13-7-19-23(9-13)11-15-10-22(5-6-24-15)12-16-20-17(21-25-16)14-3-2-4-18-8-14/h2-4,7-9,15H,5-6,10-12H2,1H3/t15-/m0/s1. The predicted octanol–water partition coefficient (Wildman–Crippen LogP) is 1.54. The lowest BCUT2D eigenvalue weighted by molar-refractivity contribution is -0.0426. The molecule has 0 aromatic carbocycles. The molecule has 25 heavy (non-hydrogen) atoms. The van der Waals surface area contributed by atoms with E-state index in [2.05, 4.69) is 25.1 Å². The predicted molar refractivity (Wildman–Crippen MR) is 89.5 cm³/mol. The molecule has 1 fully saturated rings. The lowest BCUT2D eigenvalue weighted by atomic mass is 10.2.